The smallest absolute Gasteiger partial charge is 0.179 e. The minimum atomic E-state index is -3.24. The average molecular weight is 335 g/mol. The highest BCUT2D eigenvalue weighted by Gasteiger charge is 2.18. The first-order valence-corrected chi connectivity index (χ1v) is 8.98. The molecule has 0 saturated carbocycles. The van der Waals surface area contributed by atoms with Gasteiger partial charge in [0.05, 0.1) is 0 Å². The topological polar surface area (TPSA) is 50.3 Å². The van der Waals surface area contributed by atoms with Crippen molar-refractivity contribution in [2.75, 3.05) is 29.6 Å². The highest BCUT2D eigenvalue weighted by molar-refractivity contribution is 9.09. The summed E-state index contributed by atoms with van der Waals surface area (Å²) in [5, 5.41) is 0.788. The van der Waals surface area contributed by atoms with Gasteiger partial charge in [-0.1, -0.05) is 29.3 Å². The van der Waals surface area contributed by atoms with Gasteiger partial charge in [0.2, 0.25) is 0 Å². The van der Waals surface area contributed by atoms with Gasteiger partial charge in [-0.05, 0) is 18.6 Å². The fraction of sp³-hybridized carbons (Fsp3) is 0.583. The Morgan fingerprint density at radius 2 is 2.11 bits per heavy atom. The van der Waals surface area contributed by atoms with Gasteiger partial charge >= 0.3 is 0 Å². The molecule has 0 fully saturated rings. The number of nitrogens with zero attached hydrogens (tertiary/aromatic N) is 2. The summed E-state index contributed by atoms with van der Waals surface area (Å²) in [6.07, 6.45) is 4.95. The van der Waals surface area contributed by atoms with Gasteiger partial charge in [-0.3, -0.25) is 0 Å². The van der Waals surface area contributed by atoms with Crippen molar-refractivity contribution >= 4 is 31.6 Å². The summed E-state index contributed by atoms with van der Waals surface area (Å²) in [6, 6.07) is 3.27. The SMILES string of the molecule is CCCCN(CCBr)c1ncccc1S(C)(=O)=O. The van der Waals surface area contributed by atoms with Crippen LogP contribution in [0.15, 0.2) is 23.2 Å². The molecule has 0 aromatic carbocycles. The Morgan fingerprint density at radius 3 is 2.67 bits per heavy atom. The van der Waals surface area contributed by atoms with Crippen molar-refractivity contribution in [3.05, 3.63) is 18.3 Å². The third-order valence-electron chi connectivity index (χ3n) is 2.59. The van der Waals surface area contributed by atoms with Crippen LogP contribution in [-0.2, 0) is 9.84 Å². The van der Waals surface area contributed by atoms with E-state index in [0.29, 0.717) is 10.7 Å². The Balaban J connectivity index is 3.11. The van der Waals surface area contributed by atoms with Crippen LogP contribution < -0.4 is 4.90 Å². The zero-order chi connectivity index (χ0) is 13.6. The van der Waals surface area contributed by atoms with Crippen molar-refractivity contribution in [1.29, 1.82) is 0 Å². The lowest BCUT2D eigenvalue weighted by Gasteiger charge is -2.24. The van der Waals surface area contributed by atoms with Crippen molar-refractivity contribution in [2.45, 2.75) is 24.7 Å². The zero-order valence-corrected chi connectivity index (χ0v) is 13.2. The normalized spacial score (nSPS) is 11.5. The third kappa shape index (κ3) is 4.24. The fourth-order valence-corrected chi connectivity index (χ4v) is 2.95. The summed E-state index contributed by atoms with van der Waals surface area (Å²) in [6.45, 7) is 3.68. The monoisotopic (exact) mass is 334 g/mol. The number of halogens is 1. The molecule has 1 rings (SSSR count). The lowest BCUT2D eigenvalue weighted by molar-refractivity contribution is 0.600. The first-order valence-electron chi connectivity index (χ1n) is 5.96. The van der Waals surface area contributed by atoms with Crippen LogP contribution in [0, 0.1) is 0 Å². The van der Waals surface area contributed by atoms with Crippen LogP contribution in [0.4, 0.5) is 5.82 Å². The second-order valence-electron chi connectivity index (χ2n) is 4.13. The maximum absolute atomic E-state index is 11.8. The van der Waals surface area contributed by atoms with Crippen molar-refractivity contribution in [1.82, 2.24) is 4.98 Å². The van der Waals surface area contributed by atoms with E-state index >= 15 is 0 Å². The largest absolute Gasteiger partial charge is 0.355 e. The first kappa shape index (κ1) is 15.4. The average Bonchev–Trinajstić information content (AvgIpc) is 2.33. The molecule has 1 aromatic rings. The van der Waals surface area contributed by atoms with E-state index in [4.69, 9.17) is 0 Å². The molecular formula is C12H19BrN2O2S. The van der Waals surface area contributed by atoms with E-state index in [-0.39, 0.29) is 0 Å². The van der Waals surface area contributed by atoms with Crippen molar-refractivity contribution < 1.29 is 8.42 Å². The van der Waals surface area contributed by atoms with Crippen LogP contribution >= 0.6 is 15.9 Å². The van der Waals surface area contributed by atoms with Gasteiger partial charge in [0.25, 0.3) is 0 Å². The molecule has 1 aromatic heterocycles. The minimum Gasteiger partial charge on any atom is -0.355 e. The third-order valence-corrected chi connectivity index (χ3v) is 4.06. The number of hydrogen-bond donors (Lipinski definition) is 0. The first-order chi connectivity index (χ1) is 8.50. The standard InChI is InChI=1S/C12H19BrN2O2S/c1-3-4-9-15(10-7-13)12-11(18(2,16)17)6-5-8-14-12/h5-6,8H,3-4,7,9-10H2,1-2H3. The second kappa shape index (κ2) is 7.09. The van der Waals surface area contributed by atoms with Gasteiger partial charge in [-0.25, -0.2) is 13.4 Å². The molecule has 0 atom stereocenters. The van der Waals surface area contributed by atoms with Crippen LogP contribution in [0.5, 0.6) is 0 Å². The van der Waals surface area contributed by atoms with E-state index in [1.54, 1.807) is 18.3 Å². The molecule has 102 valence electrons. The van der Waals surface area contributed by atoms with Gasteiger partial charge in [-0.15, -0.1) is 0 Å². The van der Waals surface area contributed by atoms with E-state index in [1.807, 2.05) is 4.90 Å². The molecule has 18 heavy (non-hydrogen) atoms. The van der Waals surface area contributed by atoms with Gasteiger partial charge in [0.1, 0.15) is 10.7 Å². The Hall–Kier alpha value is -0.620. The molecule has 0 radical (unpaired) electrons. The summed E-state index contributed by atoms with van der Waals surface area (Å²) in [4.78, 5) is 6.57. The molecular weight excluding hydrogens is 316 g/mol. The predicted molar refractivity (Wildman–Crippen MR) is 78.3 cm³/mol. The molecule has 1 heterocycles. The molecule has 0 aliphatic carbocycles. The highest BCUT2D eigenvalue weighted by Crippen LogP contribution is 2.22. The molecule has 4 nitrogen and oxygen atoms in total. The van der Waals surface area contributed by atoms with Gasteiger partial charge in [0.15, 0.2) is 9.84 Å². The van der Waals surface area contributed by atoms with Crippen LogP contribution in [-0.4, -0.2) is 38.1 Å². The summed E-state index contributed by atoms with van der Waals surface area (Å²) < 4.78 is 23.5. The number of hydrogen-bond acceptors (Lipinski definition) is 4. The molecule has 0 bridgehead atoms. The number of rotatable bonds is 7. The number of alkyl halides is 1. The van der Waals surface area contributed by atoms with E-state index < -0.39 is 9.84 Å². The molecule has 0 N–H and O–H groups in total. The minimum absolute atomic E-state index is 0.307. The summed E-state index contributed by atoms with van der Waals surface area (Å²) >= 11 is 3.40. The van der Waals surface area contributed by atoms with Gasteiger partial charge in [-0.2, -0.15) is 0 Å². The van der Waals surface area contributed by atoms with E-state index in [0.717, 1.165) is 31.3 Å². The number of unbranched alkanes of at least 4 members (excludes halogenated alkanes) is 1. The molecule has 0 saturated heterocycles. The van der Waals surface area contributed by atoms with Crippen LogP contribution in [0.25, 0.3) is 0 Å². The fourth-order valence-electron chi connectivity index (χ4n) is 1.68. The van der Waals surface area contributed by atoms with E-state index in [1.165, 1.54) is 6.26 Å². The Bertz CT molecular complexity index is 477. The molecule has 0 aliphatic heterocycles. The van der Waals surface area contributed by atoms with Crippen LogP contribution in [0.2, 0.25) is 0 Å². The summed E-state index contributed by atoms with van der Waals surface area (Å²) in [7, 11) is -3.24. The highest BCUT2D eigenvalue weighted by atomic mass is 79.9. The molecule has 0 unspecified atom stereocenters. The molecule has 0 amide bonds. The number of sulfone groups is 1. The molecule has 0 spiro atoms. The summed E-state index contributed by atoms with van der Waals surface area (Å²) in [5.74, 6) is 0.563. The van der Waals surface area contributed by atoms with Crippen molar-refractivity contribution in [2.24, 2.45) is 0 Å². The maximum atomic E-state index is 11.8. The Labute approximate surface area is 117 Å². The summed E-state index contributed by atoms with van der Waals surface area (Å²) in [5.41, 5.74) is 0. The molecule has 0 aliphatic rings. The maximum Gasteiger partial charge on any atom is 0.179 e. The van der Waals surface area contributed by atoms with Crippen LogP contribution in [0.3, 0.4) is 0 Å². The lowest BCUT2D eigenvalue weighted by Crippen LogP contribution is -2.29. The number of anilines is 1. The Morgan fingerprint density at radius 1 is 1.39 bits per heavy atom. The van der Waals surface area contributed by atoms with Gasteiger partial charge in [0, 0.05) is 30.9 Å². The number of aromatic nitrogens is 1. The van der Waals surface area contributed by atoms with Crippen molar-refractivity contribution in [3.63, 3.8) is 0 Å². The second-order valence-corrected chi connectivity index (χ2v) is 6.90. The molecule has 6 heteroatoms. The zero-order valence-electron chi connectivity index (χ0n) is 10.8. The van der Waals surface area contributed by atoms with E-state index in [2.05, 4.69) is 27.8 Å². The predicted octanol–water partition coefficient (Wildman–Crippen LogP) is 2.49. The number of pyridine rings is 1. The van der Waals surface area contributed by atoms with Crippen LogP contribution in [0.1, 0.15) is 19.8 Å². The van der Waals surface area contributed by atoms with Crippen molar-refractivity contribution in [3.8, 4) is 0 Å². The van der Waals surface area contributed by atoms with Gasteiger partial charge < -0.3 is 4.90 Å². The Kier molecular flexibility index (Phi) is 6.08. The quantitative estimate of drug-likeness (QED) is 0.719. The van der Waals surface area contributed by atoms with E-state index in [9.17, 15) is 8.42 Å². The lowest BCUT2D eigenvalue weighted by atomic mass is 10.3.